The highest BCUT2D eigenvalue weighted by atomic mass is 35.5. The Kier molecular flexibility index (Phi) is 6.01. The Bertz CT molecular complexity index is 810. The maximum absolute atomic E-state index is 12.5. The summed E-state index contributed by atoms with van der Waals surface area (Å²) in [6, 6.07) is 12.7. The molecule has 1 aliphatic rings. The van der Waals surface area contributed by atoms with E-state index in [4.69, 9.17) is 21.1 Å². The van der Waals surface area contributed by atoms with Gasteiger partial charge in [0.15, 0.2) is 6.61 Å². The molecular formula is C21H22ClNO4. The summed E-state index contributed by atoms with van der Waals surface area (Å²) in [6.45, 7) is 3.42. The van der Waals surface area contributed by atoms with Gasteiger partial charge >= 0.3 is 5.97 Å². The second kappa shape index (κ2) is 8.44. The first-order chi connectivity index (χ1) is 12.9. The molecule has 0 radical (unpaired) electrons. The molecule has 1 fully saturated rings. The van der Waals surface area contributed by atoms with Crippen LogP contribution in [0.4, 0.5) is 0 Å². The lowest BCUT2D eigenvalue weighted by atomic mass is 10.1. The number of ether oxygens (including phenoxy) is 2. The molecule has 0 aliphatic heterocycles. The second-order valence-corrected chi connectivity index (χ2v) is 7.16. The molecule has 0 aromatic heterocycles. The summed E-state index contributed by atoms with van der Waals surface area (Å²) in [5.41, 5.74) is 2.29. The first kappa shape index (κ1) is 19.2. The fourth-order valence-electron chi connectivity index (χ4n) is 2.83. The number of aryl methyl sites for hydroxylation is 2. The summed E-state index contributed by atoms with van der Waals surface area (Å²) in [4.78, 5) is 24.8. The second-order valence-electron chi connectivity index (χ2n) is 6.72. The lowest BCUT2D eigenvalue weighted by molar-refractivity contribution is -0.158. The molecule has 0 spiro atoms. The minimum Gasteiger partial charge on any atom is -0.481 e. The van der Waals surface area contributed by atoms with Crippen LogP contribution in [-0.2, 0) is 14.3 Å². The Morgan fingerprint density at radius 1 is 1.15 bits per heavy atom. The average molecular weight is 388 g/mol. The van der Waals surface area contributed by atoms with Gasteiger partial charge in [0.05, 0.1) is 0 Å². The van der Waals surface area contributed by atoms with Crippen LogP contribution in [0.25, 0.3) is 0 Å². The first-order valence-corrected chi connectivity index (χ1v) is 9.26. The van der Waals surface area contributed by atoms with E-state index in [1.54, 1.807) is 36.4 Å². The third kappa shape index (κ3) is 5.23. The van der Waals surface area contributed by atoms with Crippen molar-refractivity contribution in [3.05, 3.63) is 64.2 Å². The summed E-state index contributed by atoms with van der Waals surface area (Å²) >= 11 is 6.01. The van der Waals surface area contributed by atoms with Gasteiger partial charge in [-0.05, 0) is 49.9 Å². The van der Waals surface area contributed by atoms with E-state index >= 15 is 0 Å². The van der Waals surface area contributed by atoms with Crippen molar-refractivity contribution in [2.75, 3.05) is 6.61 Å². The molecule has 2 aromatic rings. The van der Waals surface area contributed by atoms with Crippen molar-refractivity contribution in [3.63, 3.8) is 0 Å². The van der Waals surface area contributed by atoms with E-state index in [9.17, 15) is 9.59 Å². The van der Waals surface area contributed by atoms with Crippen molar-refractivity contribution in [1.82, 2.24) is 5.32 Å². The fourth-order valence-corrected chi connectivity index (χ4v) is 3.15. The van der Waals surface area contributed by atoms with Crippen LogP contribution in [0.1, 0.15) is 35.6 Å². The molecule has 5 nitrogen and oxygen atoms in total. The van der Waals surface area contributed by atoms with Crippen molar-refractivity contribution >= 4 is 23.5 Å². The van der Waals surface area contributed by atoms with Crippen LogP contribution >= 0.6 is 11.6 Å². The molecule has 2 aromatic carbocycles. The van der Waals surface area contributed by atoms with Gasteiger partial charge in [0.2, 0.25) is 6.10 Å². The third-order valence-electron chi connectivity index (χ3n) is 4.27. The molecule has 3 rings (SSSR count). The fraction of sp³-hybridized carbons (Fsp3) is 0.333. The topological polar surface area (TPSA) is 64.6 Å². The Hall–Kier alpha value is -2.53. The SMILES string of the molecule is Cc1cc(Cl)cc(C)c1OCC(=O)OC(C(=O)NC1CC1)c1ccccc1. The number of hydrogen-bond acceptors (Lipinski definition) is 4. The van der Waals surface area contributed by atoms with Crippen LogP contribution in [0.5, 0.6) is 5.75 Å². The molecular weight excluding hydrogens is 366 g/mol. The molecule has 1 unspecified atom stereocenters. The summed E-state index contributed by atoms with van der Waals surface area (Å²) in [6.07, 6.45) is 0.925. The molecule has 142 valence electrons. The van der Waals surface area contributed by atoms with E-state index < -0.39 is 12.1 Å². The summed E-state index contributed by atoms with van der Waals surface area (Å²) in [7, 11) is 0. The Labute approximate surface area is 163 Å². The van der Waals surface area contributed by atoms with Crippen LogP contribution in [0.2, 0.25) is 5.02 Å². The van der Waals surface area contributed by atoms with Gasteiger partial charge in [0.25, 0.3) is 5.91 Å². The third-order valence-corrected chi connectivity index (χ3v) is 4.49. The highest BCUT2D eigenvalue weighted by Gasteiger charge is 2.30. The van der Waals surface area contributed by atoms with E-state index in [-0.39, 0.29) is 18.6 Å². The van der Waals surface area contributed by atoms with Crippen molar-refractivity contribution in [2.24, 2.45) is 0 Å². The number of nitrogens with one attached hydrogen (secondary N) is 1. The maximum Gasteiger partial charge on any atom is 0.345 e. The van der Waals surface area contributed by atoms with Crippen LogP contribution in [0.15, 0.2) is 42.5 Å². The molecule has 1 atom stereocenters. The van der Waals surface area contributed by atoms with Crippen molar-refractivity contribution in [3.8, 4) is 5.75 Å². The summed E-state index contributed by atoms with van der Waals surface area (Å²) in [5, 5.41) is 3.50. The van der Waals surface area contributed by atoms with Gasteiger partial charge in [-0.1, -0.05) is 41.9 Å². The van der Waals surface area contributed by atoms with E-state index in [0.717, 1.165) is 24.0 Å². The number of carbonyl (C=O) groups excluding carboxylic acids is 2. The Morgan fingerprint density at radius 2 is 1.78 bits per heavy atom. The van der Waals surface area contributed by atoms with Crippen LogP contribution in [0.3, 0.4) is 0 Å². The smallest absolute Gasteiger partial charge is 0.345 e. The molecule has 1 amide bonds. The molecule has 1 saturated carbocycles. The quantitative estimate of drug-likeness (QED) is 0.732. The number of hydrogen-bond donors (Lipinski definition) is 1. The Morgan fingerprint density at radius 3 is 2.37 bits per heavy atom. The van der Waals surface area contributed by atoms with Gasteiger partial charge in [0.1, 0.15) is 5.75 Å². The van der Waals surface area contributed by atoms with Crippen molar-refractivity contribution < 1.29 is 19.1 Å². The van der Waals surface area contributed by atoms with E-state index in [1.807, 2.05) is 19.9 Å². The van der Waals surface area contributed by atoms with E-state index in [2.05, 4.69) is 5.32 Å². The monoisotopic (exact) mass is 387 g/mol. The van der Waals surface area contributed by atoms with Crippen LogP contribution < -0.4 is 10.1 Å². The highest BCUT2D eigenvalue weighted by molar-refractivity contribution is 6.30. The van der Waals surface area contributed by atoms with Crippen LogP contribution in [0, 0.1) is 13.8 Å². The first-order valence-electron chi connectivity index (χ1n) is 8.88. The number of amides is 1. The summed E-state index contributed by atoms with van der Waals surface area (Å²) < 4.78 is 11.1. The zero-order valence-corrected chi connectivity index (χ0v) is 16.1. The molecule has 27 heavy (non-hydrogen) atoms. The van der Waals surface area contributed by atoms with Crippen LogP contribution in [-0.4, -0.2) is 24.5 Å². The van der Waals surface area contributed by atoms with Crippen molar-refractivity contribution in [2.45, 2.75) is 38.8 Å². The highest BCUT2D eigenvalue weighted by Crippen LogP contribution is 2.27. The average Bonchev–Trinajstić information content (AvgIpc) is 3.43. The number of esters is 1. The predicted molar refractivity (Wildman–Crippen MR) is 103 cm³/mol. The number of rotatable bonds is 7. The lowest BCUT2D eigenvalue weighted by Crippen LogP contribution is -2.34. The molecule has 0 heterocycles. The van der Waals surface area contributed by atoms with Gasteiger partial charge < -0.3 is 14.8 Å². The normalized spacial score (nSPS) is 14.3. The standard InChI is InChI=1S/C21H22ClNO4/c1-13-10-16(22)11-14(2)19(13)26-12-18(24)27-20(15-6-4-3-5-7-15)21(25)23-17-8-9-17/h3-7,10-11,17,20H,8-9,12H2,1-2H3,(H,23,25). The molecule has 1 aliphatic carbocycles. The molecule has 6 heteroatoms. The van der Waals surface area contributed by atoms with Gasteiger partial charge in [-0.15, -0.1) is 0 Å². The minimum atomic E-state index is -0.990. The van der Waals surface area contributed by atoms with Gasteiger partial charge in [0, 0.05) is 16.6 Å². The maximum atomic E-state index is 12.5. The number of halogens is 1. The lowest BCUT2D eigenvalue weighted by Gasteiger charge is -2.19. The van der Waals surface area contributed by atoms with Gasteiger partial charge in [-0.3, -0.25) is 4.79 Å². The molecule has 1 N–H and O–H groups in total. The molecule has 0 saturated heterocycles. The number of carbonyl (C=O) groups is 2. The predicted octanol–water partition coefficient (Wildman–Crippen LogP) is 3.90. The van der Waals surface area contributed by atoms with Gasteiger partial charge in [-0.2, -0.15) is 0 Å². The van der Waals surface area contributed by atoms with Crippen molar-refractivity contribution in [1.29, 1.82) is 0 Å². The van der Waals surface area contributed by atoms with E-state index in [1.165, 1.54) is 0 Å². The number of benzene rings is 2. The minimum absolute atomic E-state index is 0.179. The zero-order valence-electron chi connectivity index (χ0n) is 15.3. The van der Waals surface area contributed by atoms with E-state index in [0.29, 0.717) is 16.3 Å². The zero-order chi connectivity index (χ0) is 19.4. The largest absolute Gasteiger partial charge is 0.481 e. The molecule has 0 bridgehead atoms. The summed E-state index contributed by atoms with van der Waals surface area (Å²) in [5.74, 6) is -0.325. The Balaban J connectivity index is 1.66. The van der Waals surface area contributed by atoms with Gasteiger partial charge in [-0.25, -0.2) is 4.79 Å².